The van der Waals surface area contributed by atoms with Gasteiger partial charge in [-0.3, -0.25) is 9.63 Å². The highest BCUT2D eigenvalue weighted by molar-refractivity contribution is 7.25. The molecule has 2 aromatic rings. The lowest BCUT2D eigenvalue weighted by molar-refractivity contribution is -0.0753. The predicted molar refractivity (Wildman–Crippen MR) is 87.1 cm³/mol. The number of nitrogens with zero attached hydrogens (tertiary/aromatic N) is 1. The van der Waals surface area contributed by atoms with E-state index in [0.717, 1.165) is 14.8 Å². The maximum absolute atomic E-state index is 12.0. The Morgan fingerprint density at radius 2 is 2.00 bits per heavy atom. The molecule has 0 saturated carbocycles. The van der Waals surface area contributed by atoms with Crippen LogP contribution in [0.3, 0.4) is 0 Å². The van der Waals surface area contributed by atoms with Gasteiger partial charge in [-0.05, 0) is 25.1 Å². The second kappa shape index (κ2) is 6.91. The minimum Gasteiger partial charge on any atom is -0.462 e. The molecule has 0 aliphatic rings. The van der Waals surface area contributed by atoms with Crippen molar-refractivity contribution in [3.63, 3.8) is 0 Å². The Kier molecular flexibility index (Phi) is 5.17. The highest BCUT2D eigenvalue weighted by Gasteiger charge is 2.19. The van der Waals surface area contributed by atoms with Crippen molar-refractivity contribution in [1.29, 1.82) is 0 Å². The van der Waals surface area contributed by atoms with Gasteiger partial charge < -0.3 is 10.5 Å². The van der Waals surface area contributed by atoms with E-state index in [1.165, 1.54) is 29.8 Å². The van der Waals surface area contributed by atoms with E-state index in [1.54, 1.807) is 26.1 Å². The van der Waals surface area contributed by atoms with Crippen LogP contribution in [0.1, 0.15) is 27.0 Å². The Morgan fingerprint density at radius 1 is 1.27 bits per heavy atom. The van der Waals surface area contributed by atoms with Crippen molar-refractivity contribution in [2.75, 3.05) is 26.5 Å². The van der Waals surface area contributed by atoms with Gasteiger partial charge in [-0.1, -0.05) is 0 Å². The first-order valence-electron chi connectivity index (χ1n) is 6.46. The topological polar surface area (TPSA) is 81.9 Å². The normalized spacial score (nSPS) is 10.5. The van der Waals surface area contributed by atoms with Crippen molar-refractivity contribution >= 4 is 39.6 Å². The van der Waals surface area contributed by atoms with Crippen LogP contribution in [0.15, 0.2) is 18.2 Å². The molecule has 118 valence electrons. The Labute approximate surface area is 136 Å². The zero-order chi connectivity index (χ0) is 16.3. The number of hydroxylamine groups is 2. The molecule has 2 aromatic heterocycles. The molecular formula is C14H16N2O4S2. The zero-order valence-electron chi connectivity index (χ0n) is 12.4. The minimum atomic E-state index is -0.436. The molecule has 6 nitrogen and oxygen atoms in total. The second-order valence-electron chi connectivity index (χ2n) is 4.26. The summed E-state index contributed by atoms with van der Waals surface area (Å²) < 4.78 is 4.96. The molecule has 0 radical (unpaired) electrons. The van der Waals surface area contributed by atoms with Crippen LogP contribution < -0.4 is 5.73 Å². The van der Waals surface area contributed by atoms with Gasteiger partial charge in [-0.25, -0.2) is 9.86 Å². The molecule has 0 aliphatic heterocycles. The Hall–Kier alpha value is -1.90. The Morgan fingerprint density at radius 3 is 2.64 bits per heavy atom. The fraction of sp³-hybridized carbons (Fsp3) is 0.286. The summed E-state index contributed by atoms with van der Waals surface area (Å²) in [6.45, 7) is 2.04. The second-order valence-corrected chi connectivity index (χ2v) is 6.43. The van der Waals surface area contributed by atoms with E-state index in [1.807, 2.05) is 6.07 Å². The van der Waals surface area contributed by atoms with Crippen LogP contribution >= 0.6 is 22.7 Å². The van der Waals surface area contributed by atoms with E-state index in [4.69, 9.17) is 15.3 Å². The first-order chi connectivity index (χ1) is 10.5. The molecule has 0 fully saturated rings. The van der Waals surface area contributed by atoms with Crippen LogP contribution in [-0.4, -0.2) is 37.7 Å². The number of carbonyl (C=O) groups is 2. The van der Waals surface area contributed by atoms with E-state index < -0.39 is 5.97 Å². The minimum absolute atomic E-state index is 0.228. The number of hydrogen-bond donors (Lipinski definition) is 1. The summed E-state index contributed by atoms with van der Waals surface area (Å²) in [5.74, 6) is -0.664. The third-order valence-electron chi connectivity index (χ3n) is 2.88. The molecule has 0 spiro atoms. The van der Waals surface area contributed by atoms with E-state index in [-0.39, 0.29) is 5.91 Å². The smallest absolute Gasteiger partial charge is 0.341 e. The lowest BCUT2D eigenvalue weighted by Gasteiger charge is -2.11. The summed E-state index contributed by atoms with van der Waals surface area (Å²) in [7, 11) is 2.97. The molecule has 0 aromatic carbocycles. The Bertz CT molecular complexity index is 693. The molecule has 0 saturated heterocycles. The fourth-order valence-corrected chi connectivity index (χ4v) is 3.69. The van der Waals surface area contributed by atoms with Gasteiger partial charge in [0.25, 0.3) is 5.91 Å². The van der Waals surface area contributed by atoms with Crippen LogP contribution in [0, 0.1) is 0 Å². The number of carbonyl (C=O) groups excluding carboxylic acids is 2. The van der Waals surface area contributed by atoms with Gasteiger partial charge in [0.1, 0.15) is 5.00 Å². The summed E-state index contributed by atoms with van der Waals surface area (Å²) in [6, 6.07) is 5.23. The number of hydrogen-bond acceptors (Lipinski definition) is 7. The van der Waals surface area contributed by atoms with Gasteiger partial charge >= 0.3 is 5.97 Å². The molecule has 22 heavy (non-hydrogen) atoms. The van der Waals surface area contributed by atoms with Gasteiger partial charge in [-0.15, -0.1) is 22.7 Å². The van der Waals surface area contributed by atoms with E-state index in [0.29, 0.717) is 22.0 Å². The quantitative estimate of drug-likeness (QED) is 0.668. The molecule has 0 bridgehead atoms. The molecule has 0 unspecified atom stereocenters. The van der Waals surface area contributed by atoms with Gasteiger partial charge in [0.05, 0.1) is 24.2 Å². The number of nitrogen functional groups attached to an aromatic ring is 1. The van der Waals surface area contributed by atoms with Crippen LogP contribution in [0.4, 0.5) is 5.00 Å². The van der Waals surface area contributed by atoms with Crippen LogP contribution in [0.5, 0.6) is 0 Å². The average Bonchev–Trinajstić information content (AvgIpc) is 3.12. The van der Waals surface area contributed by atoms with Crippen molar-refractivity contribution < 1.29 is 19.2 Å². The maximum atomic E-state index is 12.0. The van der Waals surface area contributed by atoms with Crippen LogP contribution in [0.2, 0.25) is 0 Å². The maximum Gasteiger partial charge on any atom is 0.341 e. The van der Waals surface area contributed by atoms with E-state index in [2.05, 4.69) is 0 Å². The van der Waals surface area contributed by atoms with Crippen molar-refractivity contribution in [1.82, 2.24) is 5.06 Å². The van der Waals surface area contributed by atoms with E-state index >= 15 is 0 Å². The van der Waals surface area contributed by atoms with Crippen molar-refractivity contribution in [3.05, 3.63) is 28.6 Å². The molecule has 1 amide bonds. The standard InChI is InChI=1S/C14H16N2O4S2/c1-4-20-14(18)8-7-11(22-12(8)15)9-5-6-10(21-9)13(17)16(2)19-3/h5-7H,4,15H2,1-3H3. The summed E-state index contributed by atoms with van der Waals surface area (Å²) in [6.07, 6.45) is 0. The number of esters is 1. The Balaban J connectivity index is 2.27. The predicted octanol–water partition coefficient (Wildman–Crippen LogP) is 2.87. The van der Waals surface area contributed by atoms with Crippen LogP contribution in [-0.2, 0) is 9.57 Å². The highest BCUT2D eigenvalue weighted by Crippen LogP contribution is 2.37. The van der Waals surface area contributed by atoms with Crippen molar-refractivity contribution in [2.24, 2.45) is 0 Å². The highest BCUT2D eigenvalue weighted by atomic mass is 32.1. The average molecular weight is 340 g/mol. The molecule has 0 aliphatic carbocycles. The first kappa shape index (κ1) is 16.5. The summed E-state index contributed by atoms with van der Waals surface area (Å²) in [5, 5.41) is 1.56. The molecule has 2 heterocycles. The molecular weight excluding hydrogens is 324 g/mol. The third-order valence-corrected chi connectivity index (χ3v) is 5.11. The van der Waals surface area contributed by atoms with Gasteiger partial charge in [0, 0.05) is 16.8 Å². The SMILES string of the molecule is CCOC(=O)c1cc(-c2ccc(C(=O)N(C)OC)s2)sc1N. The summed E-state index contributed by atoms with van der Waals surface area (Å²) in [5.41, 5.74) is 6.23. The number of thiophene rings is 2. The zero-order valence-corrected chi connectivity index (χ0v) is 14.0. The van der Waals surface area contributed by atoms with Crippen molar-refractivity contribution in [2.45, 2.75) is 6.92 Å². The number of amides is 1. The molecule has 2 rings (SSSR count). The number of ether oxygens (including phenoxy) is 1. The summed E-state index contributed by atoms with van der Waals surface area (Å²) in [4.78, 5) is 30.9. The number of anilines is 1. The van der Waals surface area contributed by atoms with Gasteiger partial charge in [0.15, 0.2) is 0 Å². The lowest BCUT2D eigenvalue weighted by atomic mass is 10.2. The third kappa shape index (κ3) is 3.29. The number of rotatable bonds is 5. The molecule has 8 heteroatoms. The van der Waals surface area contributed by atoms with Crippen LogP contribution in [0.25, 0.3) is 9.75 Å². The number of nitrogens with two attached hydrogens (primary N) is 1. The van der Waals surface area contributed by atoms with Gasteiger partial charge in [0.2, 0.25) is 0 Å². The summed E-state index contributed by atoms with van der Waals surface area (Å²) >= 11 is 2.61. The molecule has 0 atom stereocenters. The monoisotopic (exact) mass is 340 g/mol. The van der Waals surface area contributed by atoms with Gasteiger partial charge in [-0.2, -0.15) is 0 Å². The fourth-order valence-electron chi connectivity index (χ4n) is 1.72. The first-order valence-corrected chi connectivity index (χ1v) is 8.10. The van der Waals surface area contributed by atoms with Crippen molar-refractivity contribution in [3.8, 4) is 9.75 Å². The van der Waals surface area contributed by atoms with E-state index in [9.17, 15) is 9.59 Å². The largest absolute Gasteiger partial charge is 0.462 e. The molecule has 2 N–H and O–H groups in total. The lowest BCUT2D eigenvalue weighted by Crippen LogP contribution is -2.24.